The summed E-state index contributed by atoms with van der Waals surface area (Å²) < 4.78 is 2.00. The largest absolute Gasteiger partial charge is 0.323 e. The maximum Gasteiger partial charge on any atom is 0.124 e. The van der Waals surface area contributed by atoms with E-state index in [2.05, 4.69) is 78.0 Å². The first-order valence-electron chi connectivity index (χ1n) is 8.11. The van der Waals surface area contributed by atoms with E-state index in [4.69, 9.17) is 0 Å². The number of imidazole rings is 1. The van der Waals surface area contributed by atoms with Crippen molar-refractivity contribution in [3.8, 4) is 0 Å². The maximum atomic E-state index is 4.29. The molecule has 0 unspecified atom stereocenters. The van der Waals surface area contributed by atoms with Crippen LogP contribution in [-0.4, -0.2) is 16.2 Å². The molecule has 118 valence electrons. The Morgan fingerprint density at radius 1 is 0.957 bits per heavy atom. The monoisotopic (exact) mass is 305 g/mol. The second kappa shape index (κ2) is 6.69. The molecular formula is C20H23N3. The third-order valence-corrected chi connectivity index (χ3v) is 4.63. The van der Waals surface area contributed by atoms with Crippen molar-refractivity contribution in [1.82, 2.24) is 9.66 Å². The Balaban J connectivity index is 2.00. The zero-order valence-electron chi connectivity index (χ0n) is 13.7. The SMILES string of the molecule is CCC(CNn1ccnc1C)(c1ccccc1)c1ccccc1. The van der Waals surface area contributed by atoms with Crippen molar-refractivity contribution in [1.29, 1.82) is 0 Å². The van der Waals surface area contributed by atoms with Gasteiger partial charge in [0.05, 0.1) is 0 Å². The molecule has 0 aliphatic rings. The highest BCUT2D eigenvalue weighted by molar-refractivity contribution is 5.40. The summed E-state index contributed by atoms with van der Waals surface area (Å²) in [5, 5.41) is 0. The molecule has 1 aromatic heterocycles. The Morgan fingerprint density at radius 2 is 1.52 bits per heavy atom. The number of rotatable bonds is 6. The predicted molar refractivity (Wildman–Crippen MR) is 95.1 cm³/mol. The van der Waals surface area contributed by atoms with Crippen molar-refractivity contribution < 1.29 is 0 Å². The van der Waals surface area contributed by atoms with Gasteiger partial charge in [0.25, 0.3) is 0 Å². The van der Waals surface area contributed by atoms with Crippen LogP contribution in [0.2, 0.25) is 0 Å². The van der Waals surface area contributed by atoms with E-state index >= 15 is 0 Å². The summed E-state index contributed by atoms with van der Waals surface area (Å²) in [4.78, 5) is 4.29. The number of aromatic nitrogens is 2. The van der Waals surface area contributed by atoms with Crippen LogP contribution in [0.15, 0.2) is 73.1 Å². The molecule has 2 aromatic carbocycles. The van der Waals surface area contributed by atoms with Crippen LogP contribution in [0.3, 0.4) is 0 Å². The molecule has 0 fully saturated rings. The van der Waals surface area contributed by atoms with Crippen LogP contribution in [-0.2, 0) is 5.41 Å². The van der Waals surface area contributed by atoms with E-state index in [0.29, 0.717) is 0 Å². The standard InChI is InChI=1S/C20H23N3/c1-3-20(18-10-6-4-7-11-18,19-12-8-5-9-13-19)16-22-23-15-14-21-17(23)2/h4-15,22H,3,16H2,1-2H3. The molecule has 3 rings (SSSR count). The molecule has 0 saturated heterocycles. The summed E-state index contributed by atoms with van der Waals surface area (Å²) in [5.74, 6) is 0.969. The van der Waals surface area contributed by atoms with Crippen molar-refractivity contribution in [2.45, 2.75) is 25.7 Å². The lowest BCUT2D eigenvalue weighted by molar-refractivity contribution is 0.500. The lowest BCUT2D eigenvalue weighted by Gasteiger charge is -2.35. The van der Waals surface area contributed by atoms with Crippen LogP contribution >= 0.6 is 0 Å². The number of nitrogens with zero attached hydrogens (tertiary/aromatic N) is 2. The summed E-state index contributed by atoms with van der Waals surface area (Å²) in [6.07, 6.45) is 4.80. The van der Waals surface area contributed by atoms with Crippen LogP contribution in [0.4, 0.5) is 0 Å². The van der Waals surface area contributed by atoms with Gasteiger partial charge in [0.2, 0.25) is 0 Å². The van der Waals surface area contributed by atoms with Gasteiger partial charge in [-0.3, -0.25) is 4.68 Å². The Hall–Kier alpha value is -2.55. The lowest BCUT2D eigenvalue weighted by atomic mass is 9.72. The fraction of sp³-hybridized carbons (Fsp3) is 0.250. The molecule has 1 N–H and O–H groups in total. The first-order chi connectivity index (χ1) is 11.3. The molecule has 3 heteroatoms. The lowest BCUT2D eigenvalue weighted by Crippen LogP contribution is -2.38. The number of hydrogen-bond acceptors (Lipinski definition) is 2. The molecule has 0 aliphatic heterocycles. The Bertz CT molecular complexity index is 692. The summed E-state index contributed by atoms with van der Waals surface area (Å²) in [6.45, 7) is 5.07. The van der Waals surface area contributed by atoms with Crippen molar-refractivity contribution in [2.75, 3.05) is 12.0 Å². The zero-order valence-corrected chi connectivity index (χ0v) is 13.7. The molecule has 23 heavy (non-hydrogen) atoms. The molecule has 0 atom stereocenters. The molecule has 1 heterocycles. The maximum absolute atomic E-state index is 4.29. The highest BCUT2D eigenvalue weighted by atomic mass is 15.4. The molecule has 0 radical (unpaired) electrons. The number of nitrogens with one attached hydrogen (secondary N) is 1. The van der Waals surface area contributed by atoms with Gasteiger partial charge in [-0.2, -0.15) is 0 Å². The van der Waals surface area contributed by atoms with Crippen molar-refractivity contribution in [3.05, 3.63) is 90.0 Å². The van der Waals surface area contributed by atoms with Crippen LogP contribution in [0, 0.1) is 6.92 Å². The first kappa shape index (κ1) is 15.3. The fourth-order valence-corrected chi connectivity index (χ4v) is 3.18. The van der Waals surface area contributed by atoms with Crippen molar-refractivity contribution in [3.63, 3.8) is 0 Å². The van der Waals surface area contributed by atoms with Gasteiger partial charge in [0, 0.05) is 24.4 Å². The molecule has 3 aromatic rings. The molecule has 0 aliphatic carbocycles. The predicted octanol–water partition coefficient (Wildman–Crippen LogP) is 4.13. The third kappa shape index (κ3) is 3.00. The van der Waals surface area contributed by atoms with E-state index < -0.39 is 0 Å². The second-order valence-electron chi connectivity index (χ2n) is 5.85. The fourth-order valence-electron chi connectivity index (χ4n) is 3.18. The van der Waals surface area contributed by atoms with E-state index in [1.54, 1.807) is 0 Å². The van der Waals surface area contributed by atoms with E-state index in [-0.39, 0.29) is 5.41 Å². The van der Waals surface area contributed by atoms with Gasteiger partial charge in [-0.05, 0) is 24.5 Å². The van der Waals surface area contributed by atoms with Crippen LogP contribution in [0.25, 0.3) is 0 Å². The summed E-state index contributed by atoms with van der Waals surface area (Å²) in [6, 6.07) is 21.5. The summed E-state index contributed by atoms with van der Waals surface area (Å²) in [5.41, 5.74) is 6.13. The zero-order chi connectivity index (χ0) is 16.1. The second-order valence-corrected chi connectivity index (χ2v) is 5.85. The van der Waals surface area contributed by atoms with E-state index in [9.17, 15) is 0 Å². The van der Waals surface area contributed by atoms with E-state index in [0.717, 1.165) is 18.8 Å². The quantitative estimate of drug-likeness (QED) is 0.742. The molecule has 0 amide bonds. The molecular weight excluding hydrogens is 282 g/mol. The molecule has 0 saturated carbocycles. The van der Waals surface area contributed by atoms with E-state index in [1.807, 2.05) is 24.0 Å². The third-order valence-electron chi connectivity index (χ3n) is 4.63. The van der Waals surface area contributed by atoms with Gasteiger partial charge in [0.1, 0.15) is 5.82 Å². The van der Waals surface area contributed by atoms with E-state index in [1.165, 1.54) is 11.1 Å². The molecule has 0 spiro atoms. The number of aryl methyl sites for hydroxylation is 1. The van der Waals surface area contributed by atoms with Gasteiger partial charge in [-0.25, -0.2) is 4.98 Å². The van der Waals surface area contributed by atoms with Gasteiger partial charge < -0.3 is 5.43 Å². The van der Waals surface area contributed by atoms with Crippen LogP contribution < -0.4 is 5.43 Å². The smallest absolute Gasteiger partial charge is 0.124 e. The first-order valence-corrected chi connectivity index (χ1v) is 8.11. The summed E-state index contributed by atoms with van der Waals surface area (Å²) in [7, 11) is 0. The highest BCUT2D eigenvalue weighted by Crippen LogP contribution is 2.35. The number of benzene rings is 2. The van der Waals surface area contributed by atoms with Gasteiger partial charge >= 0.3 is 0 Å². The summed E-state index contributed by atoms with van der Waals surface area (Å²) >= 11 is 0. The van der Waals surface area contributed by atoms with Crippen molar-refractivity contribution in [2.24, 2.45) is 0 Å². The molecule has 3 nitrogen and oxygen atoms in total. The van der Waals surface area contributed by atoms with Crippen molar-refractivity contribution >= 4 is 0 Å². The Kier molecular flexibility index (Phi) is 4.47. The van der Waals surface area contributed by atoms with Gasteiger partial charge in [-0.15, -0.1) is 0 Å². The Morgan fingerprint density at radius 3 is 1.96 bits per heavy atom. The van der Waals surface area contributed by atoms with Gasteiger partial charge in [-0.1, -0.05) is 67.6 Å². The average Bonchev–Trinajstić information content (AvgIpc) is 3.03. The molecule has 0 bridgehead atoms. The minimum absolute atomic E-state index is 0.0702. The average molecular weight is 305 g/mol. The topological polar surface area (TPSA) is 29.9 Å². The van der Waals surface area contributed by atoms with Crippen LogP contribution in [0.5, 0.6) is 0 Å². The number of hydrogen-bond donors (Lipinski definition) is 1. The highest BCUT2D eigenvalue weighted by Gasteiger charge is 2.32. The normalized spacial score (nSPS) is 11.4. The minimum Gasteiger partial charge on any atom is -0.323 e. The Labute approximate surface area is 138 Å². The minimum atomic E-state index is -0.0702. The van der Waals surface area contributed by atoms with Gasteiger partial charge in [0.15, 0.2) is 0 Å². The van der Waals surface area contributed by atoms with Crippen LogP contribution in [0.1, 0.15) is 30.3 Å².